The van der Waals surface area contributed by atoms with Crippen LogP contribution in [0.1, 0.15) is 45.1 Å². The summed E-state index contributed by atoms with van der Waals surface area (Å²) in [5.41, 5.74) is 6.80. The van der Waals surface area contributed by atoms with Crippen LogP contribution in [0.25, 0.3) is 0 Å². The van der Waals surface area contributed by atoms with Gasteiger partial charge >= 0.3 is 0 Å². The molecule has 0 unspecified atom stereocenters. The molecule has 0 spiro atoms. The van der Waals surface area contributed by atoms with Crippen molar-refractivity contribution in [3.05, 3.63) is 17.8 Å². The van der Waals surface area contributed by atoms with E-state index in [9.17, 15) is 0 Å². The van der Waals surface area contributed by atoms with Crippen molar-refractivity contribution in [2.75, 3.05) is 5.73 Å². The van der Waals surface area contributed by atoms with E-state index in [1.54, 1.807) is 11.0 Å². The maximum atomic E-state index is 5.85. The first-order chi connectivity index (χ1) is 8.99. The maximum Gasteiger partial charge on any atom is 0.169 e. The van der Waals surface area contributed by atoms with Crippen LogP contribution in [0, 0.1) is 5.92 Å². The third kappa shape index (κ3) is 2.91. The fourth-order valence-corrected chi connectivity index (χ4v) is 2.09. The lowest BCUT2D eigenvalue weighted by molar-refractivity contribution is 0.451. The number of anilines is 1. The van der Waals surface area contributed by atoms with Gasteiger partial charge in [0.05, 0.1) is 5.69 Å². The SMILES string of the molecule is CC(C)Cn1ncnc1Cn1nnc(N)c1C(C)C. The van der Waals surface area contributed by atoms with Crippen molar-refractivity contribution in [2.24, 2.45) is 5.92 Å². The second kappa shape index (κ2) is 5.38. The summed E-state index contributed by atoms with van der Waals surface area (Å²) in [7, 11) is 0. The van der Waals surface area contributed by atoms with Crippen molar-refractivity contribution in [3.63, 3.8) is 0 Å². The first kappa shape index (κ1) is 13.5. The van der Waals surface area contributed by atoms with E-state index in [-0.39, 0.29) is 5.92 Å². The molecule has 0 aliphatic heterocycles. The zero-order valence-electron chi connectivity index (χ0n) is 11.9. The normalized spacial score (nSPS) is 11.7. The average molecular weight is 263 g/mol. The average Bonchev–Trinajstić information content (AvgIpc) is 2.86. The van der Waals surface area contributed by atoms with Gasteiger partial charge in [0.2, 0.25) is 0 Å². The smallest absolute Gasteiger partial charge is 0.169 e. The molecule has 2 aromatic heterocycles. The van der Waals surface area contributed by atoms with Crippen LogP contribution in [0.15, 0.2) is 6.33 Å². The largest absolute Gasteiger partial charge is 0.381 e. The Balaban J connectivity index is 2.24. The Hall–Kier alpha value is -1.92. The lowest BCUT2D eigenvalue weighted by atomic mass is 10.1. The molecule has 19 heavy (non-hydrogen) atoms. The second-order valence-corrected chi connectivity index (χ2v) is 5.42. The molecule has 0 saturated carbocycles. The summed E-state index contributed by atoms with van der Waals surface area (Å²) in [6.45, 7) is 9.84. The van der Waals surface area contributed by atoms with Crippen molar-refractivity contribution < 1.29 is 0 Å². The summed E-state index contributed by atoms with van der Waals surface area (Å²) in [4.78, 5) is 4.30. The molecule has 2 aromatic rings. The third-order valence-corrected chi connectivity index (χ3v) is 2.87. The van der Waals surface area contributed by atoms with E-state index in [1.165, 1.54) is 0 Å². The molecule has 0 aliphatic rings. The fraction of sp³-hybridized carbons (Fsp3) is 0.667. The van der Waals surface area contributed by atoms with E-state index in [4.69, 9.17) is 5.73 Å². The highest BCUT2D eigenvalue weighted by atomic mass is 15.5. The molecular formula is C12H21N7. The van der Waals surface area contributed by atoms with Gasteiger partial charge in [0.15, 0.2) is 5.82 Å². The summed E-state index contributed by atoms with van der Waals surface area (Å²) in [5.74, 6) is 2.16. The van der Waals surface area contributed by atoms with Crippen molar-refractivity contribution in [1.82, 2.24) is 29.8 Å². The zero-order valence-corrected chi connectivity index (χ0v) is 11.9. The topological polar surface area (TPSA) is 87.4 Å². The van der Waals surface area contributed by atoms with Gasteiger partial charge < -0.3 is 5.73 Å². The predicted octanol–water partition coefficient (Wildman–Crippen LogP) is 1.28. The Labute approximate surface area is 112 Å². The van der Waals surface area contributed by atoms with Crippen molar-refractivity contribution in [1.29, 1.82) is 0 Å². The number of rotatable bonds is 5. The van der Waals surface area contributed by atoms with E-state index >= 15 is 0 Å². The van der Waals surface area contributed by atoms with Crippen LogP contribution in [0.3, 0.4) is 0 Å². The van der Waals surface area contributed by atoms with Gasteiger partial charge in [0, 0.05) is 6.54 Å². The van der Waals surface area contributed by atoms with Gasteiger partial charge in [-0.2, -0.15) is 5.10 Å². The molecule has 0 aromatic carbocycles. The predicted molar refractivity (Wildman–Crippen MR) is 72.5 cm³/mol. The maximum absolute atomic E-state index is 5.85. The standard InChI is InChI=1S/C12H21N7/c1-8(2)5-18-10(14-7-15-18)6-19-11(9(3)4)12(13)16-17-19/h7-9H,5-6,13H2,1-4H3. The lowest BCUT2D eigenvalue weighted by Gasteiger charge is -2.11. The molecule has 7 heteroatoms. The van der Waals surface area contributed by atoms with Crippen LogP contribution < -0.4 is 5.73 Å². The molecule has 0 atom stereocenters. The second-order valence-electron chi connectivity index (χ2n) is 5.42. The number of hydrogen-bond acceptors (Lipinski definition) is 5. The number of hydrogen-bond donors (Lipinski definition) is 1. The van der Waals surface area contributed by atoms with E-state index in [0.29, 0.717) is 18.3 Å². The summed E-state index contributed by atoms with van der Waals surface area (Å²) >= 11 is 0. The lowest BCUT2D eigenvalue weighted by Crippen LogP contribution is -2.16. The highest BCUT2D eigenvalue weighted by molar-refractivity contribution is 5.35. The minimum atomic E-state index is 0.275. The van der Waals surface area contributed by atoms with Crippen molar-refractivity contribution >= 4 is 5.82 Å². The van der Waals surface area contributed by atoms with Crippen LogP contribution in [-0.2, 0) is 13.1 Å². The molecule has 7 nitrogen and oxygen atoms in total. The van der Waals surface area contributed by atoms with Crippen LogP contribution in [0.2, 0.25) is 0 Å². The summed E-state index contributed by atoms with van der Waals surface area (Å²) in [5, 5.41) is 12.3. The Kier molecular flexibility index (Phi) is 3.82. The van der Waals surface area contributed by atoms with E-state index in [0.717, 1.165) is 18.1 Å². The summed E-state index contributed by atoms with van der Waals surface area (Å²) < 4.78 is 3.72. The number of nitrogens with zero attached hydrogens (tertiary/aromatic N) is 6. The van der Waals surface area contributed by atoms with Crippen molar-refractivity contribution in [2.45, 2.75) is 46.7 Å². The van der Waals surface area contributed by atoms with E-state index < -0.39 is 0 Å². The zero-order chi connectivity index (χ0) is 14.0. The molecule has 2 heterocycles. The van der Waals surface area contributed by atoms with Gasteiger partial charge in [-0.3, -0.25) is 0 Å². The molecule has 0 amide bonds. The summed E-state index contributed by atoms with van der Waals surface area (Å²) in [6, 6.07) is 0. The molecule has 2 N–H and O–H groups in total. The first-order valence-electron chi connectivity index (χ1n) is 6.54. The van der Waals surface area contributed by atoms with Gasteiger partial charge in [-0.1, -0.05) is 32.9 Å². The van der Waals surface area contributed by atoms with Gasteiger partial charge in [0.25, 0.3) is 0 Å². The molecule has 0 aliphatic carbocycles. The minimum Gasteiger partial charge on any atom is -0.381 e. The third-order valence-electron chi connectivity index (χ3n) is 2.87. The van der Waals surface area contributed by atoms with Crippen LogP contribution in [-0.4, -0.2) is 29.8 Å². The quantitative estimate of drug-likeness (QED) is 0.878. The fourth-order valence-electron chi connectivity index (χ4n) is 2.09. The molecule has 0 fully saturated rings. The van der Waals surface area contributed by atoms with Gasteiger partial charge in [-0.05, 0) is 11.8 Å². The molecule has 0 radical (unpaired) electrons. The van der Waals surface area contributed by atoms with Crippen LogP contribution in [0.5, 0.6) is 0 Å². The molecule has 0 saturated heterocycles. The Morgan fingerprint density at radius 1 is 1.21 bits per heavy atom. The highest BCUT2D eigenvalue weighted by Gasteiger charge is 2.16. The van der Waals surface area contributed by atoms with Crippen molar-refractivity contribution in [3.8, 4) is 0 Å². The minimum absolute atomic E-state index is 0.275. The first-order valence-corrected chi connectivity index (χ1v) is 6.54. The van der Waals surface area contributed by atoms with E-state index in [1.807, 2.05) is 4.68 Å². The Morgan fingerprint density at radius 3 is 2.58 bits per heavy atom. The Morgan fingerprint density at radius 2 is 1.95 bits per heavy atom. The monoisotopic (exact) mass is 263 g/mol. The van der Waals surface area contributed by atoms with Gasteiger partial charge in [0.1, 0.15) is 18.7 Å². The van der Waals surface area contributed by atoms with Crippen LogP contribution in [0.4, 0.5) is 5.82 Å². The van der Waals surface area contributed by atoms with E-state index in [2.05, 4.69) is 48.1 Å². The van der Waals surface area contributed by atoms with Crippen LogP contribution >= 0.6 is 0 Å². The van der Waals surface area contributed by atoms with Gasteiger partial charge in [-0.15, -0.1) is 5.10 Å². The number of aromatic nitrogens is 6. The van der Waals surface area contributed by atoms with Gasteiger partial charge in [-0.25, -0.2) is 14.3 Å². The Bertz CT molecular complexity index is 538. The number of nitrogen functional groups attached to an aromatic ring is 1. The highest BCUT2D eigenvalue weighted by Crippen LogP contribution is 2.19. The molecule has 0 bridgehead atoms. The summed E-state index contributed by atoms with van der Waals surface area (Å²) in [6.07, 6.45) is 1.58. The molecule has 2 rings (SSSR count). The number of nitrogens with two attached hydrogens (primary N) is 1. The molecule has 104 valence electrons. The molecular weight excluding hydrogens is 242 g/mol.